The molecule has 2 aliphatic rings. The van der Waals surface area contributed by atoms with Crippen LogP contribution in [0.5, 0.6) is 0 Å². The van der Waals surface area contributed by atoms with Gasteiger partial charge in [0.25, 0.3) is 5.91 Å². The van der Waals surface area contributed by atoms with Gasteiger partial charge in [-0.25, -0.2) is 9.37 Å². The highest BCUT2D eigenvalue weighted by Gasteiger charge is 2.34. The van der Waals surface area contributed by atoms with E-state index in [2.05, 4.69) is 15.3 Å². The quantitative estimate of drug-likeness (QED) is 0.638. The molecule has 0 radical (unpaired) electrons. The first-order valence-corrected chi connectivity index (χ1v) is 11.2. The van der Waals surface area contributed by atoms with Gasteiger partial charge in [0.2, 0.25) is 11.8 Å². The van der Waals surface area contributed by atoms with Gasteiger partial charge in [0.05, 0.1) is 5.56 Å². The zero-order valence-corrected chi connectivity index (χ0v) is 18.3. The van der Waals surface area contributed by atoms with Crippen LogP contribution < -0.4 is 5.32 Å². The van der Waals surface area contributed by atoms with Gasteiger partial charge in [0.15, 0.2) is 11.2 Å². The number of carbonyl (C=O) groups is 2. The van der Waals surface area contributed by atoms with Gasteiger partial charge in [-0.1, -0.05) is 0 Å². The number of hydrogen-bond acceptors (Lipinski definition) is 6. The molecule has 2 fully saturated rings. The van der Waals surface area contributed by atoms with Crippen molar-refractivity contribution in [1.29, 1.82) is 0 Å². The number of carbonyl (C=O) groups excluding carboxylic acids is 2. The number of aromatic nitrogens is 2. The van der Waals surface area contributed by atoms with E-state index in [4.69, 9.17) is 9.15 Å². The maximum absolute atomic E-state index is 14.9. The molecule has 1 aliphatic heterocycles. The van der Waals surface area contributed by atoms with Crippen LogP contribution in [0.25, 0.3) is 22.7 Å². The second-order valence-electron chi connectivity index (χ2n) is 8.63. The van der Waals surface area contributed by atoms with E-state index in [0.717, 1.165) is 25.7 Å². The number of nitrogens with one attached hydrogen (secondary N) is 1. The zero-order chi connectivity index (χ0) is 22.9. The van der Waals surface area contributed by atoms with Crippen molar-refractivity contribution in [3.63, 3.8) is 0 Å². The lowest BCUT2D eigenvalue weighted by molar-refractivity contribution is -0.130. The number of nitrogens with zero attached hydrogens (tertiary/aromatic N) is 3. The standard InChI is InChI=1S/C24H25FN4O4/c1-29(16-8-7-15(13-16)27-22(30)20-5-3-11-32-20)24(31)17-9-6-14(12-18(17)25)23-28-21-19(33-23)4-2-10-26-21/h2,4,6,9-10,12,15-16,20H,3,5,7-8,11,13H2,1H3,(H,27,30)/t15-,16+,20?/m0/s1. The van der Waals surface area contributed by atoms with Gasteiger partial charge in [0, 0.05) is 37.5 Å². The molecule has 3 heterocycles. The topological polar surface area (TPSA) is 97.6 Å². The van der Waals surface area contributed by atoms with E-state index in [-0.39, 0.29) is 35.5 Å². The number of pyridine rings is 1. The highest BCUT2D eigenvalue weighted by molar-refractivity contribution is 5.95. The van der Waals surface area contributed by atoms with Crippen LogP contribution in [0.3, 0.4) is 0 Å². The predicted octanol–water partition coefficient (Wildman–Crippen LogP) is 3.32. The number of ether oxygens (including phenoxy) is 1. The summed E-state index contributed by atoms with van der Waals surface area (Å²) in [5, 5.41) is 3.03. The minimum Gasteiger partial charge on any atom is -0.434 e. The van der Waals surface area contributed by atoms with Crippen molar-refractivity contribution in [3.8, 4) is 11.5 Å². The summed E-state index contributed by atoms with van der Waals surface area (Å²) in [7, 11) is 1.68. The van der Waals surface area contributed by atoms with E-state index in [1.54, 1.807) is 36.3 Å². The number of oxazole rings is 1. The van der Waals surface area contributed by atoms with E-state index in [1.165, 1.54) is 12.1 Å². The predicted molar refractivity (Wildman–Crippen MR) is 118 cm³/mol. The Kier molecular flexibility index (Phi) is 5.80. The third-order valence-electron chi connectivity index (χ3n) is 6.45. The summed E-state index contributed by atoms with van der Waals surface area (Å²) in [5.41, 5.74) is 1.37. The normalized spacial score (nSPS) is 22.5. The van der Waals surface area contributed by atoms with Gasteiger partial charge in [0.1, 0.15) is 11.9 Å². The average Bonchev–Trinajstić information content (AvgIpc) is 3.58. The zero-order valence-electron chi connectivity index (χ0n) is 18.3. The van der Waals surface area contributed by atoms with Crippen LogP contribution in [0.15, 0.2) is 40.9 Å². The molecule has 1 aromatic carbocycles. The number of amides is 2. The summed E-state index contributed by atoms with van der Waals surface area (Å²) in [6.07, 6.45) is 5.03. The number of rotatable bonds is 5. The molecule has 2 amide bonds. The monoisotopic (exact) mass is 452 g/mol. The molecule has 8 nitrogen and oxygen atoms in total. The number of fused-ring (bicyclic) bond motifs is 1. The van der Waals surface area contributed by atoms with Crippen molar-refractivity contribution in [2.45, 2.75) is 50.3 Å². The van der Waals surface area contributed by atoms with Crippen molar-refractivity contribution in [2.75, 3.05) is 13.7 Å². The minimum absolute atomic E-state index is 0.0117. The second kappa shape index (κ2) is 8.90. The molecule has 1 aliphatic carbocycles. The van der Waals surface area contributed by atoms with Crippen molar-refractivity contribution in [2.24, 2.45) is 0 Å². The Morgan fingerprint density at radius 1 is 1.21 bits per heavy atom. The first-order chi connectivity index (χ1) is 16.0. The molecule has 0 bridgehead atoms. The molecule has 2 aromatic heterocycles. The molecule has 1 unspecified atom stereocenters. The summed E-state index contributed by atoms with van der Waals surface area (Å²) >= 11 is 0. The van der Waals surface area contributed by atoms with Crippen LogP contribution in [0, 0.1) is 5.82 Å². The van der Waals surface area contributed by atoms with Crippen LogP contribution in [-0.2, 0) is 9.53 Å². The first kappa shape index (κ1) is 21.5. The summed E-state index contributed by atoms with van der Waals surface area (Å²) in [6.45, 7) is 0.621. The molecule has 1 saturated carbocycles. The molecule has 3 aromatic rings. The fourth-order valence-corrected chi connectivity index (χ4v) is 4.59. The third-order valence-corrected chi connectivity index (χ3v) is 6.45. The smallest absolute Gasteiger partial charge is 0.256 e. The van der Waals surface area contributed by atoms with Gasteiger partial charge in [-0.15, -0.1) is 0 Å². The second-order valence-corrected chi connectivity index (χ2v) is 8.63. The third kappa shape index (κ3) is 4.32. The van der Waals surface area contributed by atoms with Gasteiger partial charge in [-0.3, -0.25) is 9.59 Å². The van der Waals surface area contributed by atoms with Gasteiger partial charge < -0.3 is 19.4 Å². The van der Waals surface area contributed by atoms with E-state index in [9.17, 15) is 14.0 Å². The fourth-order valence-electron chi connectivity index (χ4n) is 4.59. The van der Waals surface area contributed by atoms with E-state index in [1.807, 2.05) is 0 Å². The van der Waals surface area contributed by atoms with Crippen LogP contribution in [0.4, 0.5) is 4.39 Å². The SMILES string of the molecule is CN(C(=O)c1ccc(-c2nc3ncccc3o2)cc1F)[C@@H]1CC[C@H](NC(=O)C2CCCO2)C1. The molecule has 3 atom stereocenters. The number of hydrogen-bond donors (Lipinski definition) is 1. The maximum atomic E-state index is 14.9. The lowest BCUT2D eigenvalue weighted by atomic mass is 10.1. The molecule has 9 heteroatoms. The molecule has 0 spiro atoms. The Bertz CT molecular complexity index is 1160. The Hall–Kier alpha value is -3.33. The van der Waals surface area contributed by atoms with E-state index < -0.39 is 11.7 Å². The number of benzene rings is 1. The van der Waals surface area contributed by atoms with E-state index in [0.29, 0.717) is 29.8 Å². The van der Waals surface area contributed by atoms with Crippen LogP contribution in [0.2, 0.25) is 0 Å². The highest BCUT2D eigenvalue weighted by atomic mass is 19.1. The summed E-state index contributed by atoms with van der Waals surface area (Å²) in [5.74, 6) is -0.867. The Labute approximate surface area is 190 Å². The molecule has 5 rings (SSSR count). The van der Waals surface area contributed by atoms with Crippen molar-refractivity contribution < 1.29 is 23.1 Å². The fraction of sp³-hybridized carbons (Fsp3) is 0.417. The molecule has 172 valence electrons. The molecule has 33 heavy (non-hydrogen) atoms. The van der Waals surface area contributed by atoms with Crippen LogP contribution in [-0.4, -0.2) is 58.5 Å². The Morgan fingerprint density at radius 3 is 2.85 bits per heavy atom. The summed E-state index contributed by atoms with van der Waals surface area (Å²) in [6, 6.07) is 7.71. The molecular formula is C24H25FN4O4. The van der Waals surface area contributed by atoms with Crippen LogP contribution >= 0.6 is 0 Å². The lowest BCUT2D eigenvalue weighted by Gasteiger charge is -2.25. The van der Waals surface area contributed by atoms with Gasteiger partial charge in [-0.05, 0) is 62.4 Å². The summed E-state index contributed by atoms with van der Waals surface area (Å²) in [4.78, 5) is 35.3. The van der Waals surface area contributed by atoms with Gasteiger partial charge in [-0.2, -0.15) is 4.98 Å². The molecular weight excluding hydrogens is 427 g/mol. The Balaban J connectivity index is 1.24. The van der Waals surface area contributed by atoms with E-state index >= 15 is 0 Å². The summed E-state index contributed by atoms with van der Waals surface area (Å²) < 4.78 is 26.0. The van der Waals surface area contributed by atoms with Crippen molar-refractivity contribution >= 4 is 23.0 Å². The largest absolute Gasteiger partial charge is 0.434 e. The number of halogens is 1. The average molecular weight is 452 g/mol. The van der Waals surface area contributed by atoms with Gasteiger partial charge >= 0.3 is 0 Å². The van der Waals surface area contributed by atoms with Crippen molar-refractivity contribution in [1.82, 2.24) is 20.2 Å². The highest BCUT2D eigenvalue weighted by Crippen LogP contribution is 2.28. The Morgan fingerprint density at radius 2 is 2.09 bits per heavy atom. The molecule has 1 N–H and O–H groups in total. The van der Waals surface area contributed by atoms with Crippen molar-refractivity contribution in [3.05, 3.63) is 47.9 Å². The lowest BCUT2D eigenvalue weighted by Crippen LogP contribution is -2.42. The van der Waals surface area contributed by atoms with Crippen LogP contribution in [0.1, 0.15) is 42.5 Å². The first-order valence-electron chi connectivity index (χ1n) is 11.2. The minimum atomic E-state index is -0.638. The molecule has 1 saturated heterocycles. The maximum Gasteiger partial charge on any atom is 0.256 e.